The van der Waals surface area contributed by atoms with E-state index in [-0.39, 0.29) is 16.3 Å². The van der Waals surface area contributed by atoms with Crippen molar-refractivity contribution < 1.29 is 17.2 Å². The van der Waals surface area contributed by atoms with E-state index >= 15 is 0 Å². The Morgan fingerprint density at radius 1 is 1.20 bits per heavy atom. The third-order valence-corrected chi connectivity index (χ3v) is 4.84. The van der Waals surface area contributed by atoms with Crippen molar-refractivity contribution >= 4 is 21.5 Å². The molecule has 0 radical (unpaired) electrons. The van der Waals surface area contributed by atoms with E-state index in [0.29, 0.717) is 6.54 Å². The highest BCUT2D eigenvalue weighted by molar-refractivity contribution is 7.92. The minimum absolute atomic E-state index is 0.0202. The van der Waals surface area contributed by atoms with Crippen LogP contribution in [0.15, 0.2) is 64.2 Å². The third kappa shape index (κ3) is 4.16. The first-order chi connectivity index (χ1) is 11.9. The summed E-state index contributed by atoms with van der Waals surface area (Å²) in [5, 5.41) is 3.11. The number of aromatic nitrogens is 1. The van der Waals surface area contributed by atoms with Crippen molar-refractivity contribution in [3.63, 3.8) is 0 Å². The molecule has 0 amide bonds. The van der Waals surface area contributed by atoms with Gasteiger partial charge in [-0.2, -0.15) is 0 Å². The molecule has 0 aliphatic rings. The first kappa shape index (κ1) is 17.0. The van der Waals surface area contributed by atoms with Gasteiger partial charge in [0.1, 0.15) is 17.4 Å². The van der Waals surface area contributed by atoms with Crippen LogP contribution in [0.2, 0.25) is 0 Å². The smallest absolute Gasteiger partial charge is 0.263 e. The van der Waals surface area contributed by atoms with Crippen LogP contribution in [0.4, 0.5) is 15.9 Å². The van der Waals surface area contributed by atoms with Gasteiger partial charge in [-0.1, -0.05) is 0 Å². The van der Waals surface area contributed by atoms with Gasteiger partial charge in [-0.15, -0.1) is 0 Å². The SMILES string of the molecule is Cc1cc(S(=O)(=O)Nc2ccc(NCc3ccco3)cn2)ccc1F. The number of halogens is 1. The summed E-state index contributed by atoms with van der Waals surface area (Å²) in [6.45, 7) is 2.00. The molecule has 0 fully saturated rings. The second kappa shape index (κ2) is 6.94. The molecule has 2 aromatic heterocycles. The van der Waals surface area contributed by atoms with Crippen molar-refractivity contribution in [3.8, 4) is 0 Å². The Kier molecular flexibility index (Phi) is 4.71. The van der Waals surface area contributed by atoms with Gasteiger partial charge in [0.05, 0.1) is 29.6 Å². The van der Waals surface area contributed by atoms with Gasteiger partial charge in [-0.3, -0.25) is 4.72 Å². The molecule has 0 saturated heterocycles. The third-order valence-electron chi connectivity index (χ3n) is 3.49. The van der Waals surface area contributed by atoms with Crippen LogP contribution < -0.4 is 10.0 Å². The number of nitrogens with one attached hydrogen (secondary N) is 2. The van der Waals surface area contributed by atoms with E-state index in [4.69, 9.17) is 4.42 Å². The van der Waals surface area contributed by atoms with Gasteiger partial charge in [-0.05, 0) is 55.0 Å². The normalized spacial score (nSPS) is 11.3. The fourth-order valence-electron chi connectivity index (χ4n) is 2.14. The lowest BCUT2D eigenvalue weighted by Crippen LogP contribution is -2.14. The predicted molar refractivity (Wildman–Crippen MR) is 92.2 cm³/mol. The van der Waals surface area contributed by atoms with Crippen molar-refractivity contribution in [2.75, 3.05) is 10.0 Å². The number of furan rings is 1. The molecule has 0 aliphatic carbocycles. The van der Waals surface area contributed by atoms with E-state index in [2.05, 4.69) is 15.0 Å². The number of aryl methyl sites for hydroxylation is 1. The number of hydrogen-bond acceptors (Lipinski definition) is 5. The van der Waals surface area contributed by atoms with E-state index in [9.17, 15) is 12.8 Å². The van der Waals surface area contributed by atoms with Gasteiger partial charge >= 0.3 is 0 Å². The lowest BCUT2D eigenvalue weighted by Gasteiger charge is -2.09. The Balaban J connectivity index is 1.68. The molecule has 0 spiro atoms. The van der Waals surface area contributed by atoms with E-state index < -0.39 is 15.8 Å². The molecular weight excluding hydrogens is 345 g/mol. The summed E-state index contributed by atoms with van der Waals surface area (Å²) < 4.78 is 45.5. The molecule has 3 aromatic rings. The average molecular weight is 361 g/mol. The quantitative estimate of drug-likeness (QED) is 0.702. The topological polar surface area (TPSA) is 84.2 Å². The summed E-state index contributed by atoms with van der Waals surface area (Å²) in [6, 6.07) is 10.5. The maximum absolute atomic E-state index is 13.3. The zero-order valence-corrected chi connectivity index (χ0v) is 14.2. The molecule has 8 heteroatoms. The Hall–Kier alpha value is -2.87. The van der Waals surface area contributed by atoms with Gasteiger partial charge in [0.25, 0.3) is 10.0 Å². The molecular formula is C17H16FN3O3S. The average Bonchev–Trinajstić information content (AvgIpc) is 3.10. The maximum atomic E-state index is 13.3. The second-order valence-corrected chi connectivity index (χ2v) is 7.06. The summed E-state index contributed by atoms with van der Waals surface area (Å²) in [5.74, 6) is 0.492. The summed E-state index contributed by atoms with van der Waals surface area (Å²) in [6.07, 6.45) is 3.10. The molecule has 0 unspecified atom stereocenters. The van der Waals surface area contributed by atoms with Crippen molar-refractivity contribution in [1.82, 2.24) is 4.98 Å². The van der Waals surface area contributed by atoms with Crippen LogP contribution in [0.5, 0.6) is 0 Å². The minimum Gasteiger partial charge on any atom is -0.467 e. The highest BCUT2D eigenvalue weighted by Gasteiger charge is 2.16. The fourth-order valence-corrected chi connectivity index (χ4v) is 3.24. The van der Waals surface area contributed by atoms with E-state index in [0.717, 1.165) is 17.5 Å². The number of pyridine rings is 1. The molecule has 130 valence electrons. The van der Waals surface area contributed by atoms with Crippen LogP contribution in [0, 0.1) is 12.7 Å². The second-order valence-electron chi connectivity index (χ2n) is 5.38. The monoisotopic (exact) mass is 361 g/mol. The van der Waals surface area contributed by atoms with Crippen LogP contribution in [-0.2, 0) is 16.6 Å². The molecule has 2 heterocycles. The van der Waals surface area contributed by atoms with Crippen LogP contribution in [0.1, 0.15) is 11.3 Å². The number of nitrogens with zero attached hydrogens (tertiary/aromatic N) is 1. The standard InChI is InChI=1S/C17H16FN3O3S/c1-12-9-15(5-6-16(12)18)25(22,23)21-17-7-4-13(10-20-17)19-11-14-3-2-8-24-14/h2-10,19H,11H2,1H3,(H,20,21). The number of sulfonamides is 1. The van der Waals surface area contributed by atoms with Crippen LogP contribution in [-0.4, -0.2) is 13.4 Å². The molecule has 0 bridgehead atoms. The van der Waals surface area contributed by atoms with Gasteiger partial charge in [0, 0.05) is 0 Å². The summed E-state index contributed by atoms with van der Waals surface area (Å²) >= 11 is 0. The fraction of sp³-hybridized carbons (Fsp3) is 0.118. The Morgan fingerprint density at radius 2 is 2.04 bits per heavy atom. The predicted octanol–water partition coefficient (Wildman–Crippen LogP) is 3.54. The molecule has 6 nitrogen and oxygen atoms in total. The zero-order chi connectivity index (χ0) is 17.9. The number of rotatable bonds is 6. The molecule has 25 heavy (non-hydrogen) atoms. The first-order valence-electron chi connectivity index (χ1n) is 7.45. The zero-order valence-electron chi connectivity index (χ0n) is 13.4. The highest BCUT2D eigenvalue weighted by Crippen LogP contribution is 2.18. The van der Waals surface area contributed by atoms with Gasteiger partial charge in [0.15, 0.2) is 0 Å². The van der Waals surface area contributed by atoms with Crippen molar-refractivity contribution in [3.05, 3.63) is 72.1 Å². The highest BCUT2D eigenvalue weighted by atomic mass is 32.2. The van der Waals surface area contributed by atoms with Crippen molar-refractivity contribution in [2.24, 2.45) is 0 Å². The number of hydrogen-bond donors (Lipinski definition) is 2. The van der Waals surface area contributed by atoms with E-state index in [1.54, 1.807) is 24.5 Å². The number of anilines is 2. The molecule has 2 N–H and O–H groups in total. The Labute approximate surface area is 144 Å². The van der Waals surface area contributed by atoms with E-state index in [1.165, 1.54) is 25.3 Å². The summed E-state index contributed by atoms with van der Waals surface area (Å²) in [7, 11) is -3.83. The Bertz CT molecular complexity index is 955. The lowest BCUT2D eigenvalue weighted by atomic mass is 10.2. The minimum atomic E-state index is -3.83. The van der Waals surface area contributed by atoms with Gasteiger partial charge in [0.2, 0.25) is 0 Å². The largest absolute Gasteiger partial charge is 0.467 e. The maximum Gasteiger partial charge on any atom is 0.263 e. The van der Waals surface area contributed by atoms with E-state index in [1.807, 2.05) is 6.07 Å². The first-order valence-corrected chi connectivity index (χ1v) is 8.94. The van der Waals surface area contributed by atoms with Gasteiger partial charge in [-0.25, -0.2) is 17.8 Å². The van der Waals surface area contributed by atoms with Crippen LogP contribution in [0.25, 0.3) is 0 Å². The van der Waals surface area contributed by atoms with Crippen molar-refractivity contribution in [2.45, 2.75) is 18.4 Å². The summed E-state index contributed by atoms with van der Waals surface area (Å²) in [4.78, 5) is 4.05. The molecule has 0 atom stereocenters. The van der Waals surface area contributed by atoms with Crippen molar-refractivity contribution in [1.29, 1.82) is 0 Å². The molecule has 1 aromatic carbocycles. The Morgan fingerprint density at radius 3 is 2.68 bits per heavy atom. The van der Waals surface area contributed by atoms with Crippen LogP contribution >= 0.6 is 0 Å². The summed E-state index contributed by atoms with van der Waals surface area (Å²) in [5.41, 5.74) is 0.977. The molecule has 0 saturated carbocycles. The lowest BCUT2D eigenvalue weighted by molar-refractivity contribution is 0.518. The molecule has 3 rings (SSSR count). The van der Waals surface area contributed by atoms with Crippen LogP contribution in [0.3, 0.4) is 0 Å². The number of benzene rings is 1. The molecule has 0 aliphatic heterocycles. The van der Waals surface area contributed by atoms with Gasteiger partial charge < -0.3 is 9.73 Å².